The van der Waals surface area contributed by atoms with E-state index in [4.69, 9.17) is 5.11 Å². The van der Waals surface area contributed by atoms with E-state index in [1.165, 1.54) is 11.1 Å². The van der Waals surface area contributed by atoms with Gasteiger partial charge in [-0.25, -0.2) is 0 Å². The molecule has 2 atom stereocenters. The van der Waals surface area contributed by atoms with Gasteiger partial charge in [0.1, 0.15) is 11.5 Å². The van der Waals surface area contributed by atoms with E-state index in [1.54, 1.807) is 24.3 Å². The van der Waals surface area contributed by atoms with Crippen LogP contribution in [0.2, 0.25) is 0 Å². The first-order valence-corrected chi connectivity index (χ1v) is 8.70. The quantitative estimate of drug-likeness (QED) is 0.615. The highest BCUT2D eigenvalue weighted by molar-refractivity contribution is 5.37. The summed E-state index contributed by atoms with van der Waals surface area (Å²) in [6, 6.07) is 14.9. The molecule has 0 heterocycles. The second-order valence-corrected chi connectivity index (χ2v) is 6.68. The zero-order valence-electron chi connectivity index (χ0n) is 14.6. The van der Waals surface area contributed by atoms with Crippen LogP contribution in [0.15, 0.2) is 48.5 Å². The van der Waals surface area contributed by atoms with E-state index in [0.717, 1.165) is 25.7 Å². The van der Waals surface area contributed by atoms with E-state index in [0.29, 0.717) is 0 Å². The van der Waals surface area contributed by atoms with Gasteiger partial charge in [0.2, 0.25) is 0 Å². The lowest BCUT2D eigenvalue weighted by Crippen LogP contribution is -2.30. The van der Waals surface area contributed by atoms with Crippen LogP contribution in [0.4, 0.5) is 0 Å². The summed E-state index contributed by atoms with van der Waals surface area (Å²) in [4.78, 5) is 0. The Morgan fingerprint density at radius 1 is 0.875 bits per heavy atom. The number of aromatic hydroxyl groups is 2. The standard InChI is InChI=1S/C21H28O3/c1-3-21(2,17-9-13-19(24)14-10-17)20(6-4-5-15-22)16-7-11-18(23)12-8-16/h7-14,20,22-24H,3-6,15H2,1-2H3/t20-,21+/m1/s1. The molecular formula is C21H28O3. The van der Waals surface area contributed by atoms with Crippen LogP contribution in [0.1, 0.15) is 56.6 Å². The molecule has 0 aliphatic rings. The number of aliphatic hydroxyl groups excluding tert-OH is 1. The van der Waals surface area contributed by atoms with Crippen molar-refractivity contribution in [3.63, 3.8) is 0 Å². The zero-order chi connectivity index (χ0) is 17.6. The van der Waals surface area contributed by atoms with Crippen molar-refractivity contribution >= 4 is 0 Å². The number of hydrogen-bond donors (Lipinski definition) is 3. The Labute approximate surface area is 144 Å². The Morgan fingerprint density at radius 3 is 1.92 bits per heavy atom. The summed E-state index contributed by atoms with van der Waals surface area (Å²) in [5.74, 6) is 0.827. The third kappa shape index (κ3) is 4.09. The molecule has 0 spiro atoms. The molecule has 2 aromatic rings. The van der Waals surface area contributed by atoms with E-state index in [9.17, 15) is 10.2 Å². The Bertz CT molecular complexity index is 619. The molecule has 0 aromatic heterocycles. The fraction of sp³-hybridized carbons (Fsp3) is 0.429. The van der Waals surface area contributed by atoms with Crippen molar-refractivity contribution < 1.29 is 15.3 Å². The van der Waals surface area contributed by atoms with Crippen molar-refractivity contribution in [1.82, 2.24) is 0 Å². The minimum Gasteiger partial charge on any atom is -0.508 e. The summed E-state index contributed by atoms with van der Waals surface area (Å²) in [7, 11) is 0. The van der Waals surface area contributed by atoms with Crippen LogP contribution in [0, 0.1) is 0 Å². The molecule has 0 saturated carbocycles. The average Bonchev–Trinajstić information content (AvgIpc) is 2.60. The topological polar surface area (TPSA) is 60.7 Å². The van der Waals surface area contributed by atoms with E-state index in [-0.39, 0.29) is 29.4 Å². The molecule has 0 aliphatic carbocycles. The van der Waals surface area contributed by atoms with Crippen LogP contribution >= 0.6 is 0 Å². The molecule has 2 aromatic carbocycles. The minimum atomic E-state index is -0.0832. The summed E-state index contributed by atoms with van der Waals surface area (Å²) in [6.07, 6.45) is 3.68. The molecule has 0 bridgehead atoms. The number of rotatable bonds is 8. The maximum Gasteiger partial charge on any atom is 0.115 e. The first kappa shape index (κ1) is 18.3. The first-order chi connectivity index (χ1) is 11.5. The second kappa shape index (κ2) is 8.20. The van der Waals surface area contributed by atoms with Crippen LogP contribution in [0.5, 0.6) is 11.5 Å². The summed E-state index contributed by atoms with van der Waals surface area (Å²) >= 11 is 0. The Morgan fingerprint density at radius 2 is 1.42 bits per heavy atom. The third-order valence-corrected chi connectivity index (χ3v) is 5.23. The third-order valence-electron chi connectivity index (χ3n) is 5.23. The number of phenolic OH excluding ortho intramolecular Hbond substituents is 2. The van der Waals surface area contributed by atoms with Gasteiger partial charge in [-0.2, -0.15) is 0 Å². The second-order valence-electron chi connectivity index (χ2n) is 6.68. The number of benzene rings is 2. The molecule has 0 radical (unpaired) electrons. The molecular weight excluding hydrogens is 300 g/mol. The van der Waals surface area contributed by atoms with Crippen molar-refractivity contribution in [2.75, 3.05) is 6.61 Å². The Balaban J connectivity index is 2.41. The van der Waals surface area contributed by atoms with E-state index in [2.05, 4.69) is 13.8 Å². The molecule has 0 saturated heterocycles. The molecule has 0 amide bonds. The molecule has 0 aliphatic heterocycles. The van der Waals surface area contributed by atoms with Crippen LogP contribution in [-0.2, 0) is 5.41 Å². The van der Waals surface area contributed by atoms with Crippen LogP contribution < -0.4 is 0 Å². The lowest BCUT2D eigenvalue weighted by Gasteiger charge is -2.38. The van der Waals surface area contributed by atoms with Crippen molar-refractivity contribution in [2.24, 2.45) is 0 Å². The molecule has 2 rings (SSSR count). The average molecular weight is 328 g/mol. The Hall–Kier alpha value is -2.00. The highest BCUT2D eigenvalue weighted by Crippen LogP contribution is 2.45. The largest absolute Gasteiger partial charge is 0.508 e. The van der Waals surface area contributed by atoms with Gasteiger partial charge in [-0.15, -0.1) is 0 Å². The lowest BCUT2D eigenvalue weighted by atomic mass is 9.65. The van der Waals surface area contributed by atoms with Gasteiger partial charge < -0.3 is 15.3 Å². The van der Waals surface area contributed by atoms with Gasteiger partial charge in [0, 0.05) is 6.61 Å². The SMILES string of the molecule is CC[C@@](C)(c1ccc(O)cc1)[C@H](CCCCO)c1ccc(O)cc1. The van der Waals surface area contributed by atoms with Gasteiger partial charge in [-0.05, 0) is 66.0 Å². The van der Waals surface area contributed by atoms with Gasteiger partial charge in [0.15, 0.2) is 0 Å². The molecule has 3 N–H and O–H groups in total. The number of aliphatic hydroxyl groups is 1. The smallest absolute Gasteiger partial charge is 0.115 e. The van der Waals surface area contributed by atoms with E-state index < -0.39 is 0 Å². The van der Waals surface area contributed by atoms with Gasteiger partial charge in [0.05, 0.1) is 0 Å². The summed E-state index contributed by atoms with van der Waals surface area (Å²) in [6.45, 7) is 4.66. The van der Waals surface area contributed by atoms with E-state index >= 15 is 0 Å². The number of unbranched alkanes of at least 4 members (excludes halogenated alkanes) is 1. The van der Waals surface area contributed by atoms with Crippen LogP contribution in [0.3, 0.4) is 0 Å². The molecule has 130 valence electrons. The molecule has 3 heteroatoms. The van der Waals surface area contributed by atoms with Crippen molar-refractivity contribution in [2.45, 2.75) is 50.9 Å². The number of phenols is 2. The maximum absolute atomic E-state index is 9.60. The predicted molar refractivity (Wildman–Crippen MR) is 97.5 cm³/mol. The predicted octanol–water partition coefficient (Wildman–Crippen LogP) is 4.71. The fourth-order valence-corrected chi connectivity index (χ4v) is 3.51. The molecule has 24 heavy (non-hydrogen) atoms. The molecule has 0 unspecified atom stereocenters. The Kier molecular flexibility index (Phi) is 6.27. The summed E-state index contributed by atoms with van der Waals surface area (Å²) in [5, 5.41) is 28.3. The van der Waals surface area contributed by atoms with E-state index in [1.807, 2.05) is 24.3 Å². The van der Waals surface area contributed by atoms with Crippen molar-refractivity contribution in [1.29, 1.82) is 0 Å². The van der Waals surface area contributed by atoms with Crippen molar-refractivity contribution in [3.05, 3.63) is 59.7 Å². The monoisotopic (exact) mass is 328 g/mol. The summed E-state index contributed by atoms with van der Waals surface area (Å²) in [5.41, 5.74) is 2.31. The highest BCUT2D eigenvalue weighted by atomic mass is 16.3. The lowest BCUT2D eigenvalue weighted by molar-refractivity contribution is 0.271. The number of hydrogen-bond acceptors (Lipinski definition) is 3. The molecule has 3 nitrogen and oxygen atoms in total. The van der Waals surface area contributed by atoms with Gasteiger partial charge in [-0.3, -0.25) is 0 Å². The van der Waals surface area contributed by atoms with Crippen LogP contribution in [0.25, 0.3) is 0 Å². The van der Waals surface area contributed by atoms with Gasteiger partial charge in [0.25, 0.3) is 0 Å². The summed E-state index contributed by atoms with van der Waals surface area (Å²) < 4.78 is 0. The van der Waals surface area contributed by atoms with Gasteiger partial charge in [-0.1, -0.05) is 44.5 Å². The normalized spacial score (nSPS) is 15.0. The van der Waals surface area contributed by atoms with Crippen molar-refractivity contribution in [3.8, 4) is 11.5 Å². The molecule has 0 fully saturated rings. The fourth-order valence-electron chi connectivity index (χ4n) is 3.51. The zero-order valence-corrected chi connectivity index (χ0v) is 14.6. The first-order valence-electron chi connectivity index (χ1n) is 8.70. The van der Waals surface area contributed by atoms with Crippen LogP contribution in [-0.4, -0.2) is 21.9 Å². The maximum atomic E-state index is 9.60. The highest BCUT2D eigenvalue weighted by Gasteiger charge is 2.35. The van der Waals surface area contributed by atoms with Gasteiger partial charge >= 0.3 is 0 Å². The minimum absolute atomic E-state index is 0.0832.